The molecule has 5 heterocycles. The minimum absolute atomic E-state index is 0.341. The van der Waals surface area contributed by atoms with Gasteiger partial charge in [-0.3, -0.25) is 0 Å². The molecule has 2 fully saturated rings. The maximum atomic E-state index is 6.57. The largest absolute Gasteiger partial charge is 0.494 e. The zero-order valence-corrected chi connectivity index (χ0v) is 74.6. The minimum Gasteiger partial charge on any atom is -0.399 e. The lowest BCUT2D eigenvalue weighted by atomic mass is 9.77. The van der Waals surface area contributed by atoms with Crippen molar-refractivity contribution in [3.63, 3.8) is 0 Å². The van der Waals surface area contributed by atoms with Crippen LogP contribution >= 0.6 is 31.9 Å². The smallest absolute Gasteiger partial charge is 0.399 e. The first-order valence-corrected chi connectivity index (χ1v) is 51.4. The lowest BCUT2D eigenvalue weighted by Crippen LogP contribution is -2.57. The highest BCUT2D eigenvalue weighted by Crippen LogP contribution is 2.44. The van der Waals surface area contributed by atoms with Crippen LogP contribution in [-0.2, 0) is 18.6 Å². The molecule has 0 bridgehead atoms. The quantitative estimate of drug-likeness (QED) is 0.0298. The Morgan fingerprint density at radius 3 is 0.748 bits per heavy atom. The first-order valence-electron chi connectivity index (χ1n) is 42.6. The second-order valence-corrected chi connectivity index (χ2v) is 49.1. The van der Waals surface area contributed by atoms with E-state index in [0.29, 0.717) is 0 Å². The third-order valence-corrected chi connectivity index (χ3v) is 43.0. The summed E-state index contributed by atoms with van der Waals surface area (Å²) in [4.78, 5) is 0. The summed E-state index contributed by atoms with van der Waals surface area (Å²) in [6, 6.07) is 73.4. The standard InChI is InChI=1S/C36H56B2O4Si.C36H42Si.C24H32Br2Si/c1-11-13-15-17-23-43(24-18-16-14-12-2)31-25-27(37-39-33(3,4)34(5,6)40-37)19-21-29(31)30-22-20-28(26-32(30)43)38-41-35(7,8)36(9,10)42-38;1-3-5-7-15-25-37(26-16-8-6-4-2)35-27-31(29-17-11-9-12-18-29)21-23-33(35)34-24-22-32(28-36(34)37)30-19-13-10-14-20-30;1-3-5-7-9-15-27(16-10-8-6-4-2)23-17-19(25)11-13-21(23)22-14-12-20(26)18-24(22)27/h19-22,25-26H,11-18,23-24H2,1-10H3;9-14,17-24,27-28H,3-8,15-16,25-26H2,1-2H3;11-14,17-18H,3-10,15-16H2,1-2H3. The molecule has 0 N–H and O–H groups in total. The molecule has 5 aliphatic heterocycles. The van der Waals surface area contributed by atoms with Crippen molar-refractivity contribution in [3.8, 4) is 55.6 Å². The van der Waals surface area contributed by atoms with E-state index in [0.717, 1.165) is 10.9 Å². The third kappa shape index (κ3) is 18.4. The van der Waals surface area contributed by atoms with Gasteiger partial charge in [-0.05, 0) is 214 Å². The Hall–Kier alpha value is -4.66. The fourth-order valence-corrected chi connectivity index (χ4v) is 36.6. The highest BCUT2D eigenvalue weighted by molar-refractivity contribution is 9.10. The van der Waals surface area contributed by atoms with Crippen molar-refractivity contribution in [1.29, 1.82) is 0 Å². The Kier molecular flexibility index (Phi) is 29.0. The van der Waals surface area contributed by atoms with Gasteiger partial charge in [-0.2, -0.15) is 0 Å². The van der Waals surface area contributed by atoms with E-state index < -0.39 is 24.2 Å². The van der Waals surface area contributed by atoms with E-state index in [1.54, 1.807) is 31.1 Å². The number of fused-ring (bicyclic) bond motifs is 9. The molecule has 4 nitrogen and oxygen atoms in total. The Bertz CT molecular complexity index is 3910. The van der Waals surface area contributed by atoms with Crippen LogP contribution in [0.15, 0.2) is 179 Å². The van der Waals surface area contributed by atoms with Crippen molar-refractivity contribution < 1.29 is 18.6 Å². The SMILES string of the molecule is CCCCCC[Si]1(CCCCCC)c2cc(-c3ccccc3)ccc2-c2ccc(-c3ccccc3)cc21.CCCCCC[Si]1(CCCCCC)c2cc(B3OC(C)(C)C(C)(C)O3)ccc2-c2ccc(B3OC(C)(C)C(C)(C)O3)cc21.CCCCCC[Si]1(CCCCCC)c2cc(Br)ccc2-c2ccc(Br)cc21. The number of hydrogen-bond acceptors (Lipinski definition) is 4. The predicted octanol–water partition coefficient (Wildman–Crippen LogP) is 24.6. The van der Waals surface area contributed by atoms with Crippen LogP contribution in [0.2, 0.25) is 36.3 Å². The maximum Gasteiger partial charge on any atom is 0.494 e. The van der Waals surface area contributed by atoms with E-state index in [9.17, 15) is 0 Å². The van der Waals surface area contributed by atoms with Crippen molar-refractivity contribution in [3.05, 3.63) is 179 Å². The van der Waals surface area contributed by atoms with Crippen molar-refractivity contribution >= 4 is 112 Å². The Labute approximate surface area is 669 Å². The van der Waals surface area contributed by atoms with Gasteiger partial charge in [0.05, 0.1) is 22.4 Å². The van der Waals surface area contributed by atoms with Gasteiger partial charge >= 0.3 is 14.2 Å². The fourth-order valence-electron chi connectivity index (χ4n) is 18.4. The van der Waals surface area contributed by atoms with E-state index in [2.05, 4.69) is 299 Å². The summed E-state index contributed by atoms with van der Waals surface area (Å²) in [6.07, 6.45) is 32.0. The molecule has 107 heavy (non-hydrogen) atoms. The Morgan fingerprint density at radius 2 is 0.486 bits per heavy atom. The van der Waals surface area contributed by atoms with Gasteiger partial charge in [0.15, 0.2) is 0 Å². The molecule has 0 saturated carbocycles. The van der Waals surface area contributed by atoms with Gasteiger partial charge < -0.3 is 18.6 Å². The first-order chi connectivity index (χ1) is 51.6. The average Bonchev–Trinajstić information content (AvgIpc) is 1.57. The van der Waals surface area contributed by atoms with Crippen LogP contribution in [0, 0.1) is 0 Å². The lowest BCUT2D eigenvalue weighted by Gasteiger charge is -2.32. The molecule has 0 radical (unpaired) electrons. The summed E-state index contributed by atoms with van der Waals surface area (Å²) in [5.74, 6) is 0. The molecule has 0 atom stereocenters. The topological polar surface area (TPSA) is 36.9 Å². The van der Waals surface area contributed by atoms with Crippen LogP contribution in [0.4, 0.5) is 0 Å². The predicted molar refractivity (Wildman–Crippen MR) is 482 cm³/mol. The van der Waals surface area contributed by atoms with Gasteiger partial charge in [-0.15, -0.1) is 0 Å². The molecule has 0 aromatic heterocycles. The van der Waals surface area contributed by atoms with E-state index in [1.165, 1.54) is 255 Å². The maximum absolute atomic E-state index is 6.57. The summed E-state index contributed by atoms with van der Waals surface area (Å²) in [7, 11) is -6.38. The molecule has 0 aliphatic carbocycles. The molecule has 0 unspecified atom stereocenters. The summed E-state index contributed by atoms with van der Waals surface area (Å²) in [6.45, 7) is 31.1. The second kappa shape index (κ2) is 37.3. The average molecular weight is 1610 g/mol. The summed E-state index contributed by atoms with van der Waals surface area (Å²) >= 11 is 7.55. The number of rotatable bonds is 34. The molecule has 0 amide bonds. The zero-order chi connectivity index (χ0) is 76.0. The molecule has 11 heteroatoms. The van der Waals surface area contributed by atoms with E-state index in [1.807, 2.05) is 0 Å². The molecule has 8 aromatic carbocycles. The van der Waals surface area contributed by atoms with Crippen LogP contribution in [-0.4, -0.2) is 60.9 Å². The first kappa shape index (κ1) is 83.3. The van der Waals surface area contributed by atoms with Gasteiger partial charge in [-0.25, -0.2) is 0 Å². The number of unbranched alkanes of at least 4 members (excludes halogenated alkanes) is 18. The minimum atomic E-state index is -2.10. The van der Waals surface area contributed by atoms with Crippen LogP contribution in [0.25, 0.3) is 55.6 Å². The summed E-state index contributed by atoms with van der Waals surface area (Å²) in [5.41, 5.74) is 15.3. The van der Waals surface area contributed by atoms with Crippen molar-refractivity contribution in [1.82, 2.24) is 0 Å². The Morgan fingerprint density at radius 1 is 0.252 bits per heavy atom. The molecular formula is C96H130B2Br2O4Si3. The number of hydrogen-bond donors (Lipinski definition) is 0. The molecule has 5 aliphatic rings. The monoisotopic (exact) mass is 1610 g/mol. The number of halogens is 2. The van der Waals surface area contributed by atoms with Gasteiger partial charge in [-0.1, -0.05) is 373 Å². The van der Waals surface area contributed by atoms with Crippen LogP contribution in [0.5, 0.6) is 0 Å². The van der Waals surface area contributed by atoms with Crippen LogP contribution in [0.3, 0.4) is 0 Å². The molecule has 13 rings (SSSR count). The molecular weight excluding hydrogens is 1480 g/mol. The van der Waals surface area contributed by atoms with Crippen molar-refractivity contribution in [2.24, 2.45) is 0 Å². The normalized spacial score (nSPS) is 17.1. The lowest BCUT2D eigenvalue weighted by molar-refractivity contribution is 0.00578. The molecule has 8 aromatic rings. The summed E-state index contributed by atoms with van der Waals surface area (Å²) in [5, 5.41) is 9.99. The Balaban J connectivity index is 0.000000164. The van der Waals surface area contributed by atoms with Gasteiger partial charge in [0.25, 0.3) is 0 Å². The number of benzene rings is 8. The highest BCUT2D eigenvalue weighted by Gasteiger charge is 2.55. The van der Waals surface area contributed by atoms with Gasteiger partial charge in [0.1, 0.15) is 24.2 Å². The third-order valence-electron chi connectivity index (χ3n) is 26.1. The van der Waals surface area contributed by atoms with Crippen LogP contribution < -0.4 is 42.0 Å². The van der Waals surface area contributed by atoms with Gasteiger partial charge in [0.2, 0.25) is 0 Å². The molecule has 0 spiro atoms. The summed E-state index contributed by atoms with van der Waals surface area (Å²) < 4.78 is 28.8. The van der Waals surface area contributed by atoms with E-state index in [4.69, 9.17) is 18.6 Å². The molecule has 570 valence electrons. The van der Waals surface area contributed by atoms with Crippen molar-refractivity contribution in [2.75, 3.05) is 0 Å². The van der Waals surface area contributed by atoms with Gasteiger partial charge in [0, 0.05) is 8.95 Å². The zero-order valence-electron chi connectivity index (χ0n) is 68.4. The second-order valence-electron chi connectivity index (χ2n) is 34.5. The van der Waals surface area contributed by atoms with Crippen LogP contribution in [0.1, 0.15) is 251 Å². The van der Waals surface area contributed by atoms with E-state index in [-0.39, 0.29) is 36.6 Å². The fraction of sp³-hybridized carbons (Fsp3) is 0.500. The van der Waals surface area contributed by atoms with Crippen molar-refractivity contribution in [2.45, 2.75) is 310 Å². The highest BCUT2D eigenvalue weighted by atomic mass is 79.9. The van der Waals surface area contributed by atoms with E-state index >= 15 is 0 Å². The molecule has 2 saturated heterocycles.